The number of piperazine rings is 1. The molecule has 2 aliphatic heterocycles. The number of aliphatic hydroxyl groups excluding tert-OH is 1. The van der Waals surface area contributed by atoms with Crippen LogP contribution in [0.5, 0.6) is 0 Å². The van der Waals surface area contributed by atoms with Gasteiger partial charge in [-0.15, -0.1) is 0 Å². The third-order valence-electron chi connectivity index (χ3n) is 6.28. The molecule has 0 radical (unpaired) electrons. The van der Waals surface area contributed by atoms with Gasteiger partial charge in [-0.1, -0.05) is 24.3 Å². The highest BCUT2D eigenvalue weighted by molar-refractivity contribution is 5.23. The van der Waals surface area contributed by atoms with Crippen molar-refractivity contribution in [3.63, 3.8) is 0 Å². The Kier molecular flexibility index (Phi) is 6.42. The lowest BCUT2D eigenvalue weighted by atomic mass is 9.96. The van der Waals surface area contributed by atoms with E-state index in [1.165, 1.54) is 11.1 Å². The molecule has 1 aromatic carbocycles. The number of aromatic nitrogens is 2. The summed E-state index contributed by atoms with van der Waals surface area (Å²) in [6.07, 6.45) is 3.82. The van der Waals surface area contributed by atoms with E-state index < -0.39 is 0 Å². The number of likely N-dealkylation sites (N-methyl/N-ethyl adjacent to an activating group) is 1. The fraction of sp³-hybridized carbons (Fsp3) is 0.591. The molecule has 2 saturated heterocycles. The molecule has 2 atom stereocenters. The predicted octanol–water partition coefficient (Wildman–Crippen LogP) is 1.22. The van der Waals surface area contributed by atoms with Crippen LogP contribution in [0.25, 0.3) is 0 Å². The van der Waals surface area contributed by atoms with Crippen molar-refractivity contribution in [3.05, 3.63) is 53.9 Å². The van der Waals surface area contributed by atoms with Crippen LogP contribution >= 0.6 is 0 Å². The molecule has 0 bridgehead atoms. The summed E-state index contributed by atoms with van der Waals surface area (Å²) in [4.78, 5) is 7.51. The van der Waals surface area contributed by atoms with Gasteiger partial charge in [-0.25, -0.2) is 0 Å². The Morgan fingerprint density at radius 2 is 1.71 bits per heavy atom. The molecule has 28 heavy (non-hydrogen) atoms. The maximum Gasteiger partial charge on any atom is 0.0659 e. The molecule has 4 rings (SSSR count). The maximum absolute atomic E-state index is 9.92. The first kappa shape index (κ1) is 19.6. The van der Waals surface area contributed by atoms with Gasteiger partial charge in [-0.05, 0) is 36.1 Å². The normalized spacial score (nSPS) is 24.8. The molecule has 0 amide bonds. The third-order valence-corrected chi connectivity index (χ3v) is 6.28. The van der Waals surface area contributed by atoms with Gasteiger partial charge >= 0.3 is 0 Å². The Bertz CT molecular complexity index is 726. The largest absolute Gasteiger partial charge is 0.396 e. The van der Waals surface area contributed by atoms with Crippen LogP contribution in [0.2, 0.25) is 0 Å². The van der Waals surface area contributed by atoms with E-state index in [4.69, 9.17) is 0 Å². The van der Waals surface area contributed by atoms with E-state index in [1.807, 2.05) is 23.1 Å². The third kappa shape index (κ3) is 5.00. The smallest absolute Gasteiger partial charge is 0.0659 e. The van der Waals surface area contributed by atoms with E-state index in [9.17, 15) is 5.11 Å². The fourth-order valence-electron chi connectivity index (χ4n) is 4.61. The van der Waals surface area contributed by atoms with Crippen LogP contribution in [0, 0.1) is 11.8 Å². The molecule has 0 spiro atoms. The number of rotatable bonds is 7. The monoisotopic (exact) mass is 383 g/mol. The first-order valence-electron chi connectivity index (χ1n) is 10.5. The van der Waals surface area contributed by atoms with Crippen molar-refractivity contribution in [2.24, 2.45) is 11.8 Å². The summed E-state index contributed by atoms with van der Waals surface area (Å²) in [5.41, 5.74) is 2.63. The second-order valence-corrected chi connectivity index (χ2v) is 8.52. The minimum Gasteiger partial charge on any atom is -0.396 e. The van der Waals surface area contributed by atoms with Crippen molar-refractivity contribution in [3.8, 4) is 0 Å². The molecule has 3 heterocycles. The number of benzene rings is 1. The Morgan fingerprint density at radius 1 is 0.964 bits per heavy atom. The Balaban J connectivity index is 1.33. The van der Waals surface area contributed by atoms with Gasteiger partial charge in [0.05, 0.1) is 6.54 Å². The molecule has 2 fully saturated rings. The lowest BCUT2D eigenvalue weighted by Gasteiger charge is -2.34. The summed E-state index contributed by atoms with van der Waals surface area (Å²) < 4.78 is 1.96. The standard InChI is InChI=1S/C22H33N5O/c1-24-8-10-25(11-9-24)15-21-16-26(17-22(21)18-28)13-19-4-2-5-20(12-19)14-27-7-3-6-23-27/h2-7,12,21-22,28H,8-11,13-18H2,1H3/t21-,22-/m1/s1. The van der Waals surface area contributed by atoms with Crippen molar-refractivity contribution in [1.82, 2.24) is 24.5 Å². The highest BCUT2D eigenvalue weighted by Crippen LogP contribution is 2.26. The van der Waals surface area contributed by atoms with E-state index >= 15 is 0 Å². The second kappa shape index (κ2) is 9.18. The Hall–Kier alpha value is -1.73. The first-order chi connectivity index (χ1) is 13.7. The second-order valence-electron chi connectivity index (χ2n) is 8.52. The van der Waals surface area contributed by atoms with Gasteiger partial charge in [0.15, 0.2) is 0 Å². The minimum atomic E-state index is 0.300. The van der Waals surface area contributed by atoms with Crippen LogP contribution in [0.3, 0.4) is 0 Å². The minimum absolute atomic E-state index is 0.300. The van der Waals surface area contributed by atoms with Gasteiger partial charge in [0.25, 0.3) is 0 Å². The molecule has 1 N–H and O–H groups in total. The zero-order valence-corrected chi connectivity index (χ0v) is 17.0. The van der Waals surface area contributed by atoms with Crippen molar-refractivity contribution in [2.45, 2.75) is 13.1 Å². The molecule has 152 valence electrons. The van der Waals surface area contributed by atoms with Crippen molar-refractivity contribution >= 4 is 0 Å². The molecule has 6 heteroatoms. The predicted molar refractivity (Wildman–Crippen MR) is 111 cm³/mol. The van der Waals surface area contributed by atoms with Gasteiger partial charge in [-0.2, -0.15) is 5.10 Å². The van der Waals surface area contributed by atoms with Crippen molar-refractivity contribution < 1.29 is 5.11 Å². The summed E-state index contributed by atoms with van der Waals surface area (Å²) in [7, 11) is 2.20. The van der Waals surface area contributed by atoms with Crippen LogP contribution in [-0.4, -0.2) is 89.1 Å². The molecule has 0 aliphatic carbocycles. The highest BCUT2D eigenvalue weighted by Gasteiger charge is 2.33. The zero-order chi connectivity index (χ0) is 19.3. The van der Waals surface area contributed by atoms with E-state index in [2.05, 4.69) is 51.1 Å². The van der Waals surface area contributed by atoms with Gasteiger partial charge in [-0.3, -0.25) is 9.58 Å². The highest BCUT2D eigenvalue weighted by atomic mass is 16.3. The topological polar surface area (TPSA) is 47.8 Å². The van der Waals surface area contributed by atoms with E-state index in [0.717, 1.165) is 58.9 Å². The Labute approximate surface area is 168 Å². The van der Waals surface area contributed by atoms with Crippen LogP contribution in [0.15, 0.2) is 42.7 Å². The number of nitrogens with zero attached hydrogens (tertiary/aromatic N) is 5. The van der Waals surface area contributed by atoms with Crippen LogP contribution in [-0.2, 0) is 13.1 Å². The van der Waals surface area contributed by atoms with E-state index in [-0.39, 0.29) is 0 Å². The number of hydrogen-bond donors (Lipinski definition) is 1. The molecule has 2 aliphatic rings. The number of aliphatic hydroxyl groups is 1. The van der Waals surface area contributed by atoms with Gasteiger partial charge < -0.3 is 14.9 Å². The van der Waals surface area contributed by atoms with Crippen molar-refractivity contribution in [1.29, 1.82) is 0 Å². The van der Waals surface area contributed by atoms with Crippen LogP contribution in [0.4, 0.5) is 0 Å². The SMILES string of the molecule is CN1CCN(C[C@@H]2CN(Cc3cccc(Cn4cccn4)c3)C[C@@H]2CO)CC1. The molecular formula is C22H33N5O. The lowest BCUT2D eigenvalue weighted by molar-refractivity contribution is 0.116. The zero-order valence-electron chi connectivity index (χ0n) is 17.0. The van der Waals surface area contributed by atoms with Gasteiger partial charge in [0.1, 0.15) is 0 Å². The van der Waals surface area contributed by atoms with Gasteiger partial charge in [0, 0.05) is 71.4 Å². The summed E-state index contributed by atoms with van der Waals surface area (Å²) in [6, 6.07) is 10.8. The fourth-order valence-corrected chi connectivity index (χ4v) is 4.61. The molecule has 6 nitrogen and oxygen atoms in total. The molecule has 1 aromatic heterocycles. The van der Waals surface area contributed by atoms with Crippen LogP contribution in [0.1, 0.15) is 11.1 Å². The maximum atomic E-state index is 9.92. The van der Waals surface area contributed by atoms with E-state index in [0.29, 0.717) is 18.4 Å². The molecular weight excluding hydrogens is 350 g/mol. The number of hydrogen-bond acceptors (Lipinski definition) is 5. The summed E-state index contributed by atoms with van der Waals surface area (Å²) >= 11 is 0. The van der Waals surface area contributed by atoms with Crippen molar-refractivity contribution in [2.75, 3.05) is 59.5 Å². The lowest BCUT2D eigenvalue weighted by Crippen LogP contribution is -2.47. The summed E-state index contributed by atoms with van der Waals surface area (Å²) in [6.45, 7) is 9.89. The summed E-state index contributed by atoms with van der Waals surface area (Å²) in [5.74, 6) is 0.965. The molecule has 0 unspecified atom stereocenters. The summed E-state index contributed by atoms with van der Waals surface area (Å²) in [5, 5.41) is 14.2. The Morgan fingerprint density at radius 3 is 2.43 bits per heavy atom. The number of likely N-dealkylation sites (tertiary alicyclic amines) is 1. The molecule has 0 saturated carbocycles. The van der Waals surface area contributed by atoms with Gasteiger partial charge in [0.2, 0.25) is 0 Å². The van der Waals surface area contributed by atoms with E-state index in [1.54, 1.807) is 0 Å². The first-order valence-corrected chi connectivity index (χ1v) is 10.5. The average Bonchev–Trinajstić information content (AvgIpc) is 3.33. The van der Waals surface area contributed by atoms with Crippen LogP contribution < -0.4 is 0 Å². The molecule has 2 aromatic rings. The average molecular weight is 384 g/mol. The quantitative estimate of drug-likeness (QED) is 0.779.